The van der Waals surface area contributed by atoms with Gasteiger partial charge in [0.05, 0.1) is 6.26 Å². The number of pyridine rings is 1. The van der Waals surface area contributed by atoms with E-state index in [0.29, 0.717) is 5.92 Å². The summed E-state index contributed by atoms with van der Waals surface area (Å²) in [6.07, 6.45) is 7.66. The van der Waals surface area contributed by atoms with Crippen LogP contribution in [0.5, 0.6) is 0 Å². The minimum atomic E-state index is -0.337. The van der Waals surface area contributed by atoms with Crippen LogP contribution in [0, 0.1) is 36.7 Å². The van der Waals surface area contributed by atoms with Gasteiger partial charge in [-0.05, 0) is 74.5 Å². The Bertz CT molecular complexity index is 2340. The van der Waals surface area contributed by atoms with Crippen LogP contribution in [0.3, 0.4) is 0 Å². The van der Waals surface area contributed by atoms with E-state index in [1.807, 2.05) is 54.7 Å². The van der Waals surface area contributed by atoms with Gasteiger partial charge in [0.15, 0.2) is 11.4 Å². The van der Waals surface area contributed by atoms with Crippen molar-refractivity contribution < 1.29 is 38.8 Å². The summed E-state index contributed by atoms with van der Waals surface area (Å²) in [6, 6.07) is 23.1. The largest absolute Gasteiger partial charge is 0.512 e. The third kappa shape index (κ3) is 9.08. The number of aryl methyl sites for hydroxylation is 2. The number of aromatic nitrogens is 1. The van der Waals surface area contributed by atoms with Crippen molar-refractivity contribution in [3.8, 4) is 22.4 Å². The minimum absolute atomic E-state index is 0. The van der Waals surface area contributed by atoms with Crippen LogP contribution in [-0.4, -0.2) is 15.9 Å². The zero-order chi connectivity index (χ0) is 40.5. The van der Waals surface area contributed by atoms with E-state index >= 15 is 0 Å². The molecule has 0 aliphatic heterocycles. The van der Waals surface area contributed by atoms with Gasteiger partial charge < -0.3 is 13.9 Å². The Morgan fingerprint density at radius 1 is 0.875 bits per heavy atom. The van der Waals surface area contributed by atoms with Crippen LogP contribution in [0.4, 0.5) is 0 Å². The Morgan fingerprint density at radius 3 is 2.12 bits per heavy atom. The summed E-state index contributed by atoms with van der Waals surface area (Å²) in [5.41, 5.74) is 9.57. The van der Waals surface area contributed by atoms with E-state index in [2.05, 4.69) is 102 Å². The van der Waals surface area contributed by atoms with Gasteiger partial charge in [0.25, 0.3) is 0 Å². The van der Waals surface area contributed by atoms with Gasteiger partial charge in [-0.1, -0.05) is 124 Å². The first-order valence-corrected chi connectivity index (χ1v) is 20.2. The number of hydrogen-bond acceptors (Lipinski definition) is 5. The molecular formula is C50H62IrNO4-. The van der Waals surface area contributed by atoms with Gasteiger partial charge in [-0.3, -0.25) is 9.78 Å². The van der Waals surface area contributed by atoms with Crippen molar-refractivity contribution in [1.82, 2.24) is 4.98 Å². The summed E-state index contributed by atoms with van der Waals surface area (Å²) in [6.45, 7) is 27.4. The van der Waals surface area contributed by atoms with Crippen LogP contribution in [0.15, 0.2) is 81.5 Å². The molecule has 0 saturated carbocycles. The van der Waals surface area contributed by atoms with Gasteiger partial charge >= 0.3 is 0 Å². The fourth-order valence-electron chi connectivity index (χ4n) is 7.16. The molecule has 1 N–H and O–H groups in total. The standard InChI is InChI=1S/C35H34NO2.C15H28O2.Ir/c1-20(2)14-26-19-37-32-17-24(12-13-28(26)32)29-18-31(36-33-21(3)22(4)38-34(29)33)25-15-23-10-8-9-11-27(23)30(16-25)35(5,6)7;1-7-14(5,8-2)12(16)11-13(17)15(6,9-3)10-4;/h8-13,16-20H,14H2,1-7H3;11,16H,7-10H2,1-6H3;/q-1;;/b;12-11-;. The number of benzene rings is 3. The summed E-state index contributed by atoms with van der Waals surface area (Å²) in [5, 5.41) is 13.7. The van der Waals surface area contributed by atoms with Gasteiger partial charge in [0.2, 0.25) is 0 Å². The van der Waals surface area contributed by atoms with Crippen molar-refractivity contribution in [2.45, 2.75) is 128 Å². The zero-order valence-corrected chi connectivity index (χ0v) is 38.3. The molecule has 0 aliphatic carbocycles. The molecule has 0 unspecified atom stereocenters. The Balaban J connectivity index is 0.000000330. The quantitative estimate of drug-likeness (QED) is 0.0796. The second-order valence-electron chi connectivity index (χ2n) is 17.4. The molecule has 56 heavy (non-hydrogen) atoms. The van der Waals surface area contributed by atoms with Gasteiger partial charge in [-0.15, -0.1) is 29.1 Å². The molecule has 3 heterocycles. The van der Waals surface area contributed by atoms with E-state index in [0.717, 1.165) is 87.9 Å². The first kappa shape index (κ1) is 44.7. The van der Waals surface area contributed by atoms with Gasteiger partial charge in [-0.2, -0.15) is 0 Å². The number of ketones is 1. The van der Waals surface area contributed by atoms with E-state index in [-0.39, 0.29) is 47.9 Å². The first-order valence-electron chi connectivity index (χ1n) is 20.2. The molecule has 0 fully saturated rings. The summed E-state index contributed by atoms with van der Waals surface area (Å²) in [5.74, 6) is 1.75. The maximum absolute atomic E-state index is 12.2. The molecule has 0 amide bonds. The van der Waals surface area contributed by atoms with Crippen molar-refractivity contribution in [3.63, 3.8) is 0 Å². The Morgan fingerprint density at radius 2 is 1.52 bits per heavy atom. The smallest absolute Gasteiger partial charge is 0.164 e. The molecule has 6 heteroatoms. The fourth-order valence-corrected chi connectivity index (χ4v) is 7.16. The molecule has 0 aliphatic rings. The van der Waals surface area contributed by atoms with Crippen LogP contribution in [-0.2, 0) is 36.7 Å². The molecule has 3 aromatic carbocycles. The van der Waals surface area contributed by atoms with Crippen LogP contribution in [0.2, 0.25) is 0 Å². The maximum Gasteiger partial charge on any atom is 0.164 e. The molecule has 0 saturated heterocycles. The third-order valence-corrected chi connectivity index (χ3v) is 12.2. The number of aliphatic hydroxyl groups is 1. The fraction of sp³-hybridized carbons (Fsp3) is 0.440. The second kappa shape index (κ2) is 17.7. The van der Waals surface area contributed by atoms with Gasteiger partial charge in [0.1, 0.15) is 22.6 Å². The molecule has 0 bridgehead atoms. The number of allylic oxidation sites excluding steroid dienone is 2. The minimum Gasteiger partial charge on any atom is -0.512 e. The normalized spacial score (nSPS) is 12.6. The summed E-state index contributed by atoms with van der Waals surface area (Å²) >= 11 is 0. The van der Waals surface area contributed by atoms with Crippen LogP contribution in [0.25, 0.3) is 55.2 Å². The van der Waals surface area contributed by atoms with E-state index < -0.39 is 0 Å². The molecule has 0 spiro atoms. The molecule has 6 aromatic rings. The maximum atomic E-state index is 12.2. The van der Waals surface area contributed by atoms with E-state index in [9.17, 15) is 9.90 Å². The van der Waals surface area contributed by atoms with E-state index in [1.165, 1.54) is 28.0 Å². The number of carbonyl (C=O) groups is 1. The Kier molecular flexibility index (Phi) is 14.1. The average molecular weight is 933 g/mol. The topological polar surface area (TPSA) is 76.5 Å². The summed E-state index contributed by atoms with van der Waals surface area (Å²) in [4.78, 5) is 17.3. The molecular weight excluding hydrogens is 871 g/mol. The first-order chi connectivity index (χ1) is 25.9. The second-order valence-corrected chi connectivity index (χ2v) is 17.4. The van der Waals surface area contributed by atoms with E-state index in [4.69, 9.17) is 13.8 Å². The predicted octanol–water partition coefficient (Wildman–Crippen LogP) is 14.6. The Labute approximate surface area is 348 Å². The van der Waals surface area contributed by atoms with Crippen LogP contribution in [0.1, 0.15) is 124 Å². The van der Waals surface area contributed by atoms with Crippen molar-refractivity contribution in [3.05, 3.63) is 101 Å². The van der Waals surface area contributed by atoms with Crippen LogP contribution < -0.4 is 0 Å². The number of furan rings is 2. The third-order valence-electron chi connectivity index (χ3n) is 12.2. The van der Waals surface area contributed by atoms with Crippen LogP contribution >= 0.6 is 0 Å². The number of carbonyl (C=O) groups excluding carboxylic acids is 1. The number of rotatable bonds is 11. The average Bonchev–Trinajstić information content (AvgIpc) is 3.70. The monoisotopic (exact) mass is 933 g/mol. The molecule has 0 atom stereocenters. The molecule has 6 rings (SSSR count). The Hall–Kier alpha value is -3.99. The van der Waals surface area contributed by atoms with Crippen molar-refractivity contribution in [1.29, 1.82) is 0 Å². The van der Waals surface area contributed by atoms with Crippen molar-refractivity contribution in [2.24, 2.45) is 16.7 Å². The van der Waals surface area contributed by atoms with Gasteiger partial charge in [0, 0.05) is 59.2 Å². The SMILES string of the molecule is CCC(C)(CC)C(=O)/C=C(\O)C(C)(CC)CC.Cc1oc2c(-c3ccc4c(CC(C)C)coc4c3)cc(-c3[c-]c4ccccc4c(C(C)(C)C)c3)nc2c1C.[Ir]. The molecule has 3 aromatic heterocycles. The summed E-state index contributed by atoms with van der Waals surface area (Å²) in [7, 11) is 0. The number of aliphatic hydroxyl groups excluding tert-OH is 1. The number of nitrogens with zero attached hydrogens (tertiary/aromatic N) is 1. The van der Waals surface area contributed by atoms with Crippen molar-refractivity contribution in [2.75, 3.05) is 0 Å². The van der Waals surface area contributed by atoms with E-state index in [1.54, 1.807) is 0 Å². The number of fused-ring (bicyclic) bond motifs is 3. The number of hydrogen-bond donors (Lipinski definition) is 1. The summed E-state index contributed by atoms with van der Waals surface area (Å²) < 4.78 is 12.3. The molecule has 301 valence electrons. The zero-order valence-electron chi connectivity index (χ0n) is 35.9. The van der Waals surface area contributed by atoms with Crippen molar-refractivity contribution >= 4 is 38.6 Å². The van der Waals surface area contributed by atoms with Gasteiger partial charge in [-0.25, -0.2) is 0 Å². The molecule has 5 nitrogen and oxygen atoms in total. The predicted molar refractivity (Wildman–Crippen MR) is 231 cm³/mol. The molecule has 1 radical (unpaired) electrons.